The molecule has 0 radical (unpaired) electrons. The Morgan fingerprint density at radius 1 is 1.38 bits per heavy atom. The quantitative estimate of drug-likeness (QED) is 0.719. The van der Waals surface area contributed by atoms with Crippen LogP contribution in [0.25, 0.3) is 0 Å². The van der Waals surface area contributed by atoms with Crippen LogP contribution in [-0.4, -0.2) is 10.7 Å². The van der Waals surface area contributed by atoms with Crippen LogP contribution in [0.2, 0.25) is 0 Å². The number of aryl methyl sites for hydroxylation is 1. The highest BCUT2D eigenvalue weighted by atomic mass is 79.9. The second-order valence-corrected chi connectivity index (χ2v) is 6.28. The summed E-state index contributed by atoms with van der Waals surface area (Å²) in [7, 11) is 0. The molecular formula is C11H12Br3NO. The van der Waals surface area contributed by atoms with Crippen molar-refractivity contribution in [1.29, 1.82) is 0 Å². The predicted molar refractivity (Wildman–Crippen MR) is 78.2 cm³/mol. The molecule has 2 nitrogen and oxygen atoms in total. The molecule has 1 unspecified atom stereocenters. The molecule has 0 spiro atoms. The third kappa shape index (κ3) is 3.57. The van der Waals surface area contributed by atoms with Gasteiger partial charge in [-0.2, -0.15) is 0 Å². The Bertz CT molecular complexity index is 383. The number of anilines is 1. The fourth-order valence-corrected chi connectivity index (χ4v) is 2.93. The Labute approximate surface area is 121 Å². The molecule has 16 heavy (non-hydrogen) atoms. The van der Waals surface area contributed by atoms with Crippen LogP contribution in [0.5, 0.6) is 0 Å². The number of benzene rings is 1. The molecule has 0 fully saturated rings. The highest BCUT2D eigenvalue weighted by Gasteiger charge is 2.15. The van der Waals surface area contributed by atoms with E-state index >= 15 is 0 Å². The minimum Gasteiger partial charge on any atom is -0.323 e. The lowest BCUT2D eigenvalue weighted by molar-refractivity contribution is -0.115. The molecule has 1 atom stereocenters. The van der Waals surface area contributed by atoms with E-state index in [0.29, 0.717) is 0 Å². The van der Waals surface area contributed by atoms with Crippen LogP contribution in [0.4, 0.5) is 5.69 Å². The summed E-state index contributed by atoms with van der Waals surface area (Å²) in [6, 6.07) is 3.94. The average Bonchev–Trinajstić information content (AvgIpc) is 2.21. The lowest BCUT2D eigenvalue weighted by Gasteiger charge is -2.12. The van der Waals surface area contributed by atoms with E-state index in [4.69, 9.17) is 0 Å². The van der Waals surface area contributed by atoms with Gasteiger partial charge in [-0.1, -0.05) is 22.9 Å². The Morgan fingerprint density at radius 2 is 1.88 bits per heavy atom. The molecule has 0 saturated carbocycles. The molecule has 0 aliphatic carbocycles. The summed E-state index contributed by atoms with van der Waals surface area (Å²) in [6.45, 7) is 3.96. The van der Waals surface area contributed by atoms with Gasteiger partial charge in [0.15, 0.2) is 0 Å². The van der Waals surface area contributed by atoms with Gasteiger partial charge < -0.3 is 5.32 Å². The molecule has 1 N–H and O–H groups in total. The van der Waals surface area contributed by atoms with Gasteiger partial charge in [-0.3, -0.25) is 4.79 Å². The van der Waals surface area contributed by atoms with E-state index < -0.39 is 0 Å². The van der Waals surface area contributed by atoms with Crippen molar-refractivity contribution in [1.82, 2.24) is 0 Å². The largest absolute Gasteiger partial charge is 0.323 e. The summed E-state index contributed by atoms with van der Waals surface area (Å²) in [5, 5.41) is 2.88. The van der Waals surface area contributed by atoms with E-state index in [1.807, 2.05) is 26.0 Å². The maximum absolute atomic E-state index is 11.7. The number of halogens is 3. The van der Waals surface area contributed by atoms with Gasteiger partial charge in [0, 0.05) is 8.95 Å². The SMILES string of the molecule is CCC(Br)C(=O)Nc1c(Br)cc(C)cc1Br. The highest BCUT2D eigenvalue weighted by molar-refractivity contribution is 9.11. The number of nitrogens with one attached hydrogen (secondary N) is 1. The Balaban J connectivity index is 2.93. The first-order valence-electron chi connectivity index (χ1n) is 4.86. The van der Waals surface area contributed by atoms with Gasteiger partial charge >= 0.3 is 0 Å². The normalized spacial score (nSPS) is 12.3. The first-order valence-corrected chi connectivity index (χ1v) is 7.36. The van der Waals surface area contributed by atoms with Crippen LogP contribution in [0.1, 0.15) is 18.9 Å². The molecule has 0 bridgehead atoms. The summed E-state index contributed by atoms with van der Waals surface area (Å²) in [4.78, 5) is 11.6. The molecule has 1 aromatic carbocycles. The smallest absolute Gasteiger partial charge is 0.238 e. The summed E-state index contributed by atoms with van der Waals surface area (Å²) in [5.74, 6) is -0.0345. The van der Waals surface area contributed by atoms with Gasteiger partial charge in [-0.05, 0) is 62.9 Å². The van der Waals surface area contributed by atoms with E-state index in [-0.39, 0.29) is 10.7 Å². The molecule has 88 valence electrons. The van der Waals surface area contributed by atoms with Crippen molar-refractivity contribution in [3.8, 4) is 0 Å². The maximum Gasteiger partial charge on any atom is 0.238 e. The zero-order chi connectivity index (χ0) is 12.3. The van der Waals surface area contributed by atoms with E-state index in [2.05, 4.69) is 53.1 Å². The standard InChI is InChI=1S/C11H12Br3NO/c1-3-7(12)11(16)15-10-8(13)4-6(2)5-9(10)14/h4-5,7H,3H2,1-2H3,(H,15,16). The highest BCUT2D eigenvalue weighted by Crippen LogP contribution is 2.32. The maximum atomic E-state index is 11.7. The van der Waals surface area contributed by atoms with E-state index in [9.17, 15) is 4.79 Å². The molecule has 0 aliphatic heterocycles. The van der Waals surface area contributed by atoms with Crippen molar-refractivity contribution >= 4 is 59.4 Å². The van der Waals surface area contributed by atoms with Crippen molar-refractivity contribution in [2.45, 2.75) is 25.1 Å². The number of alkyl halides is 1. The lowest BCUT2D eigenvalue weighted by Crippen LogP contribution is -2.22. The lowest BCUT2D eigenvalue weighted by atomic mass is 10.2. The number of hydrogen-bond acceptors (Lipinski definition) is 1. The third-order valence-electron chi connectivity index (χ3n) is 2.08. The first kappa shape index (κ1) is 14.2. The van der Waals surface area contributed by atoms with Gasteiger partial charge in [0.1, 0.15) is 0 Å². The minimum absolute atomic E-state index is 0.0345. The van der Waals surface area contributed by atoms with Crippen molar-refractivity contribution in [2.24, 2.45) is 0 Å². The fraction of sp³-hybridized carbons (Fsp3) is 0.364. The monoisotopic (exact) mass is 411 g/mol. The number of rotatable bonds is 3. The van der Waals surface area contributed by atoms with E-state index in [1.165, 1.54) is 0 Å². The van der Waals surface area contributed by atoms with E-state index in [0.717, 1.165) is 26.6 Å². The molecule has 0 saturated heterocycles. The van der Waals surface area contributed by atoms with Crippen LogP contribution in [0, 0.1) is 6.92 Å². The summed E-state index contributed by atoms with van der Waals surface area (Å²) < 4.78 is 1.76. The van der Waals surface area contributed by atoms with Crippen LogP contribution in [-0.2, 0) is 4.79 Å². The van der Waals surface area contributed by atoms with Gasteiger partial charge in [0.2, 0.25) is 5.91 Å². The topological polar surface area (TPSA) is 29.1 Å². The fourth-order valence-electron chi connectivity index (χ4n) is 1.21. The van der Waals surface area contributed by atoms with Crippen LogP contribution >= 0.6 is 47.8 Å². The second kappa shape index (κ2) is 6.17. The average molecular weight is 414 g/mol. The molecule has 0 aromatic heterocycles. The minimum atomic E-state index is -0.160. The molecular weight excluding hydrogens is 402 g/mol. The number of carbonyl (C=O) groups excluding carboxylic acids is 1. The molecule has 0 aliphatic rings. The van der Waals surface area contributed by atoms with Gasteiger partial charge in [0.25, 0.3) is 0 Å². The van der Waals surface area contributed by atoms with Crippen molar-refractivity contribution in [2.75, 3.05) is 5.32 Å². The van der Waals surface area contributed by atoms with Crippen molar-refractivity contribution < 1.29 is 4.79 Å². The van der Waals surface area contributed by atoms with Gasteiger partial charge in [0.05, 0.1) is 10.5 Å². The molecule has 1 rings (SSSR count). The van der Waals surface area contributed by atoms with Gasteiger partial charge in [-0.25, -0.2) is 0 Å². The summed E-state index contributed by atoms with van der Waals surface area (Å²) in [6.07, 6.45) is 0.757. The number of hydrogen-bond donors (Lipinski definition) is 1. The Morgan fingerprint density at radius 3 is 2.31 bits per heavy atom. The third-order valence-corrected chi connectivity index (χ3v) is 4.39. The molecule has 0 heterocycles. The van der Waals surface area contributed by atoms with E-state index in [1.54, 1.807) is 0 Å². The first-order chi connectivity index (χ1) is 7.45. The Hall–Kier alpha value is 0.130. The van der Waals surface area contributed by atoms with Gasteiger partial charge in [-0.15, -0.1) is 0 Å². The Kier molecular flexibility index (Phi) is 5.47. The number of amides is 1. The summed E-state index contributed by atoms with van der Waals surface area (Å²) >= 11 is 10.2. The van der Waals surface area contributed by atoms with Crippen molar-refractivity contribution in [3.05, 3.63) is 26.6 Å². The zero-order valence-corrected chi connectivity index (χ0v) is 13.7. The molecule has 1 aromatic rings. The van der Waals surface area contributed by atoms with Crippen molar-refractivity contribution in [3.63, 3.8) is 0 Å². The van der Waals surface area contributed by atoms with Crippen LogP contribution < -0.4 is 5.32 Å². The molecule has 5 heteroatoms. The zero-order valence-electron chi connectivity index (χ0n) is 8.98. The molecule has 1 amide bonds. The summed E-state index contributed by atoms with van der Waals surface area (Å²) in [5.41, 5.74) is 1.90. The predicted octanol–water partition coefficient (Wildman–Crippen LogP) is 4.63. The van der Waals surface area contributed by atoms with Crippen LogP contribution in [0.3, 0.4) is 0 Å². The second-order valence-electron chi connectivity index (χ2n) is 3.47. The number of carbonyl (C=O) groups is 1. The van der Waals surface area contributed by atoms with Crippen LogP contribution in [0.15, 0.2) is 21.1 Å².